The Balaban J connectivity index is 2.86. The van der Waals surface area contributed by atoms with Crippen LogP contribution in [0.3, 0.4) is 0 Å². The van der Waals surface area contributed by atoms with Gasteiger partial charge in [-0.2, -0.15) is 0 Å². The van der Waals surface area contributed by atoms with Crippen LogP contribution in [-0.2, 0) is 35.2 Å². The van der Waals surface area contributed by atoms with Crippen LogP contribution < -0.4 is 27.4 Å². The van der Waals surface area contributed by atoms with Gasteiger partial charge < -0.3 is 42.6 Å². The average molecular weight is 441 g/mol. The van der Waals surface area contributed by atoms with Crippen LogP contribution in [0.2, 0.25) is 0 Å². The Morgan fingerprint density at radius 1 is 0.968 bits per heavy atom. The minimum Gasteiger partial charge on any atom is -0.481 e. The van der Waals surface area contributed by atoms with Crippen LogP contribution in [0.1, 0.15) is 18.5 Å². The number of hydrogen-bond acceptors (Lipinski definition) is 8. The first-order valence-corrected chi connectivity index (χ1v) is 8.82. The number of primary amides is 1. The molecular formula is C16H23N7O8. The van der Waals surface area contributed by atoms with Crippen molar-refractivity contribution >= 4 is 35.6 Å². The number of carboxylic acids is 2. The van der Waals surface area contributed by atoms with E-state index in [1.165, 1.54) is 12.5 Å². The second-order valence-corrected chi connectivity index (χ2v) is 6.39. The molecule has 15 heteroatoms. The number of amides is 4. The van der Waals surface area contributed by atoms with E-state index in [-0.39, 0.29) is 6.42 Å². The molecule has 0 spiro atoms. The lowest BCUT2D eigenvalue weighted by Gasteiger charge is -2.22. The number of imidazole rings is 1. The molecule has 3 atom stereocenters. The number of nitrogens with zero attached hydrogens (tertiary/aromatic N) is 1. The van der Waals surface area contributed by atoms with Crippen molar-refractivity contribution in [1.82, 2.24) is 25.9 Å². The maximum Gasteiger partial charge on any atom is 0.322 e. The predicted molar refractivity (Wildman–Crippen MR) is 101 cm³/mol. The molecule has 0 fully saturated rings. The molecule has 170 valence electrons. The topological polar surface area (TPSA) is 260 Å². The van der Waals surface area contributed by atoms with Gasteiger partial charge in [0, 0.05) is 18.3 Å². The normalized spacial score (nSPS) is 13.3. The molecule has 0 aromatic carbocycles. The number of carbonyl (C=O) groups is 6. The standard InChI is InChI=1S/C16H23N7O8/c17-8(1-7-4-19-6-21-7)14(29)22-9(2-11(18)24)16(31)23-10(3-12(25)26)15(30)20-5-13(27)28/h4,6,8-10H,1-3,5,17H2,(H2,18,24)(H,19,21)(H,20,30)(H,22,29)(H,23,31)(H,25,26)(H,27,28). The number of rotatable bonds is 13. The monoisotopic (exact) mass is 441 g/mol. The molecule has 15 nitrogen and oxygen atoms in total. The van der Waals surface area contributed by atoms with E-state index in [2.05, 4.69) is 20.6 Å². The van der Waals surface area contributed by atoms with Crippen molar-refractivity contribution in [3.8, 4) is 0 Å². The molecule has 1 heterocycles. The van der Waals surface area contributed by atoms with Crippen molar-refractivity contribution in [1.29, 1.82) is 0 Å². The Bertz CT molecular complexity index is 826. The number of aromatic amines is 1. The number of aliphatic carboxylic acids is 2. The molecular weight excluding hydrogens is 418 g/mol. The number of nitrogens with two attached hydrogens (primary N) is 2. The van der Waals surface area contributed by atoms with Crippen molar-refractivity contribution < 1.29 is 39.0 Å². The Morgan fingerprint density at radius 2 is 1.58 bits per heavy atom. The Kier molecular flexibility index (Phi) is 9.58. The fourth-order valence-corrected chi connectivity index (χ4v) is 2.36. The van der Waals surface area contributed by atoms with Crippen LogP contribution >= 0.6 is 0 Å². The summed E-state index contributed by atoms with van der Waals surface area (Å²) < 4.78 is 0. The van der Waals surface area contributed by atoms with Gasteiger partial charge in [0.05, 0.1) is 25.2 Å². The van der Waals surface area contributed by atoms with Gasteiger partial charge >= 0.3 is 11.9 Å². The number of carbonyl (C=O) groups excluding carboxylic acids is 4. The first-order valence-electron chi connectivity index (χ1n) is 8.82. The molecule has 4 amide bonds. The zero-order valence-corrected chi connectivity index (χ0v) is 16.2. The van der Waals surface area contributed by atoms with Gasteiger partial charge in [-0.15, -0.1) is 0 Å². The second kappa shape index (κ2) is 11.9. The third kappa shape index (κ3) is 9.35. The summed E-state index contributed by atoms with van der Waals surface area (Å²) in [4.78, 5) is 76.2. The molecule has 0 saturated carbocycles. The van der Waals surface area contributed by atoms with Crippen molar-refractivity contribution in [2.24, 2.45) is 11.5 Å². The first-order chi connectivity index (χ1) is 14.5. The maximum absolute atomic E-state index is 12.5. The highest BCUT2D eigenvalue weighted by molar-refractivity contribution is 5.96. The lowest BCUT2D eigenvalue weighted by Crippen LogP contribution is -2.57. The van der Waals surface area contributed by atoms with Crippen molar-refractivity contribution in [2.75, 3.05) is 6.54 Å². The van der Waals surface area contributed by atoms with Crippen LogP contribution in [0.25, 0.3) is 0 Å². The van der Waals surface area contributed by atoms with Gasteiger partial charge in [0.2, 0.25) is 23.6 Å². The van der Waals surface area contributed by atoms with Crippen LogP contribution in [0.5, 0.6) is 0 Å². The Morgan fingerprint density at radius 3 is 2.10 bits per heavy atom. The SMILES string of the molecule is NC(=O)CC(NC(=O)C(N)Cc1cnc[nH]1)C(=O)NC(CC(=O)O)C(=O)NCC(=O)O. The first kappa shape index (κ1) is 25.0. The summed E-state index contributed by atoms with van der Waals surface area (Å²) in [5, 5.41) is 23.8. The van der Waals surface area contributed by atoms with E-state index in [1.807, 2.05) is 5.32 Å². The molecule has 10 N–H and O–H groups in total. The highest BCUT2D eigenvalue weighted by atomic mass is 16.4. The zero-order chi connectivity index (χ0) is 23.6. The van der Waals surface area contributed by atoms with Crippen LogP contribution in [0.4, 0.5) is 0 Å². The van der Waals surface area contributed by atoms with E-state index in [1.54, 1.807) is 0 Å². The number of carboxylic acid groups (broad SMARTS) is 2. The zero-order valence-electron chi connectivity index (χ0n) is 16.2. The third-order valence-electron chi connectivity index (χ3n) is 3.80. The molecule has 1 rings (SSSR count). The highest BCUT2D eigenvalue weighted by Gasteiger charge is 2.30. The maximum atomic E-state index is 12.5. The van der Waals surface area contributed by atoms with Gasteiger partial charge in [-0.1, -0.05) is 0 Å². The predicted octanol–water partition coefficient (Wildman–Crippen LogP) is -4.20. The van der Waals surface area contributed by atoms with E-state index in [0.717, 1.165) is 0 Å². The lowest BCUT2D eigenvalue weighted by molar-refractivity contribution is -0.142. The summed E-state index contributed by atoms with van der Waals surface area (Å²) >= 11 is 0. The minimum absolute atomic E-state index is 0.0377. The van der Waals surface area contributed by atoms with Crippen LogP contribution in [-0.4, -0.2) is 80.4 Å². The highest BCUT2D eigenvalue weighted by Crippen LogP contribution is 2.01. The van der Waals surface area contributed by atoms with Gasteiger partial charge in [0.15, 0.2) is 0 Å². The number of aromatic nitrogens is 2. The van der Waals surface area contributed by atoms with E-state index in [9.17, 15) is 28.8 Å². The molecule has 0 saturated heterocycles. The van der Waals surface area contributed by atoms with Gasteiger partial charge in [-0.05, 0) is 0 Å². The van der Waals surface area contributed by atoms with Crippen LogP contribution in [0, 0.1) is 0 Å². The summed E-state index contributed by atoms with van der Waals surface area (Å²) in [7, 11) is 0. The molecule has 0 radical (unpaired) electrons. The fraction of sp³-hybridized carbons (Fsp3) is 0.438. The van der Waals surface area contributed by atoms with E-state index in [4.69, 9.17) is 21.7 Å². The molecule has 0 aliphatic rings. The lowest BCUT2D eigenvalue weighted by atomic mass is 10.1. The number of nitrogens with one attached hydrogen (secondary N) is 4. The van der Waals surface area contributed by atoms with Gasteiger partial charge in [-0.3, -0.25) is 28.8 Å². The van der Waals surface area contributed by atoms with E-state index in [0.29, 0.717) is 5.69 Å². The van der Waals surface area contributed by atoms with E-state index >= 15 is 0 Å². The summed E-state index contributed by atoms with van der Waals surface area (Å²) in [5.41, 5.74) is 11.4. The fourth-order valence-electron chi connectivity index (χ4n) is 2.36. The smallest absolute Gasteiger partial charge is 0.322 e. The van der Waals surface area contributed by atoms with E-state index < -0.39 is 73.1 Å². The molecule has 3 unspecified atom stereocenters. The average Bonchev–Trinajstić information content (AvgIpc) is 3.17. The minimum atomic E-state index is -1.67. The number of H-pyrrole nitrogens is 1. The van der Waals surface area contributed by atoms with Crippen LogP contribution in [0.15, 0.2) is 12.5 Å². The summed E-state index contributed by atoms with van der Waals surface area (Å²) in [6.07, 6.45) is 1.31. The molecule has 1 aromatic heterocycles. The van der Waals surface area contributed by atoms with Crippen molar-refractivity contribution in [3.05, 3.63) is 18.2 Å². The summed E-state index contributed by atoms with van der Waals surface area (Å²) in [6, 6.07) is -4.35. The molecule has 1 aromatic rings. The van der Waals surface area contributed by atoms with Crippen molar-refractivity contribution in [2.45, 2.75) is 37.4 Å². The number of hydrogen-bond donors (Lipinski definition) is 8. The molecule has 0 aliphatic carbocycles. The molecule has 0 aliphatic heterocycles. The summed E-state index contributed by atoms with van der Waals surface area (Å²) in [5.74, 6) is -6.81. The van der Waals surface area contributed by atoms with Crippen molar-refractivity contribution in [3.63, 3.8) is 0 Å². The quantitative estimate of drug-likeness (QED) is 0.146. The summed E-state index contributed by atoms with van der Waals surface area (Å²) in [6.45, 7) is -0.811. The largest absolute Gasteiger partial charge is 0.481 e. The third-order valence-corrected chi connectivity index (χ3v) is 3.80. The van der Waals surface area contributed by atoms with Gasteiger partial charge in [0.25, 0.3) is 0 Å². The van der Waals surface area contributed by atoms with Gasteiger partial charge in [0.1, 0.15) is 18.6 Å². The Labute approximate surface area is 174 Å². The Hall–Kier alpha value is -4.01. The molecule has 0 bridgehead atoms. The second-order valence-electron chi connectivity index (χ2n) is 6.39. The molecule has 31 heavy (non-hydrogen) atoms. The van der Waals surface area contributed by atoms with Gasteiger partial charge in [-0.25, -0.2) is 4.98 Å².